The van der Waals surface area contributed by atoms with Crippen LogP contribution >= 0.6 is 0 Å². The lowest BCUT2D eigenvalue weighted by Gasteiger charge is -2.33. The number of hydrogen-bond acceptors (Lipinski definition) is 4. The zero-order chi connectivity index (χ0) is 20.1. The lowest BCUT2D eigenvalue weighted by atomic mass is 9.94. The first-order valence-corrected chi connectivity index (χ1v) is 9.88. The molecule has 2 amide bonds. The second-order valence-electron chi connectivity index (χ2n) is 7.30. The van der Waals surface area contributed by atoms with E-state index in [-0.39, 0.29) is 17.7 Å². The molecule has 0 radical (unpaired) electrons. The maximum Gasteiger partial charge on any atom is 0.289 e. The highest BCUT2D eigenvalue weighted by Gasteiger charge is 2.31. The van der Waals surface area contributed by atoms with Crippen molar-refractivity contribution in [1.82, 2.24) is 9.80 Å². The molecule has 150 valence electrons. The second kappa shape index (κ2) is 8.82. The van der Waals surface area contributed by atoms with Crippen LogP contribution in [0.25, 0.3) is 0 Å². The molecule has 0 spiro atoms. The van der Waals surface area contributed by atoms with Crippen LogP contribution < -0.4 is 0 Å². The molecule has 1 saturated heterocycles. The minimum absolute atomic E-state index is 0.102. The summed E-state index contributed by atoms with van der Waals surface area (Å²) >= 11 is 0. The molecule has 1 fully saturated rings. The average Bonchev–Trinajstić information content (AvgIpc) is 3.47. The number of carbonyl (C=O) groups is 2. The maximum absolute atomic E-state index is 13.3. The Labute approximate surface area is 169 Å². The molecule has 0 aliphatic carbocycles. The third-order valence-electron chi connectivity index (χ3n) is 5.32. The van der Waals surface area contributed by atoms with Crippen LogP contribution in [-0.4, -0.2) is 34.7 Å². The van der Waals surface area contributed by atoms with Gasteiger partial charge in [-0.1, -0.05) is 30.3 Å². The van der Waals surface area contributed by atoms with E-state index in [1.807, 2.05) is 47.4 Å². The summed E-state index contributed by atoms with van der Waals surface area (Å²) in [5, 5.41) is 0. The van der Waals surface area contributed by atoms with Gasteiger partial charge >= 0.3 is 0 Å². The number of piperidine rings is 1. The lowest BCUT2D eigenvalue weighted by molar-refractivity contribution is -0.138. The number of amides is 2. The molecular formula is C23H24N2O4. The molecule has 1 aliphatic heterocycles. The van der Waals surface area contributed by atoms with Crippen molar-refractivity contribution in [2.45, 2.75) is 25.9 Å². The van der Waals surface area contributed by atoms with Gasteiger partial charge in [0, 0.05) is 25.6 Å². The molecule has 1 aliphatic rings. The highest BCUT2D eigenvalue weighted by Crippen LogP contribution is 2.23. The van der Waals surface area contributed by atoms with Gasteiger partial charge in [0.15, 0.2) is 5.76 Å². The van der Waals surface area contributed by atoms with Crippen LogP contribution in [-0.2, 0) is 17.9 Å². The smallest absolute Gasteiger partial charge is 0.289 e. The second-order valence-corrected chi connectivity index (χ2v) is 7.30. The molecule has 4 rings (SSSR count). The van der Waals surface area contributed by atoms with E-state index in [0.29, 0.717) is 44.8 Å². The van der Waals surface area contributed by atoms with Gasteiger partial charge in [0.05, 0.1) is 19.1 Å². The standard InChI is InChI=1S/C23H24N2O4/c26-22(19-10-12-24(13-11-19)23(27)21-9-5-15-29-21)25(17-20-8-4-14-28-20)16-18-6-2-1-3-7-18/h1-9,14-15,19H,10-13,16-17H2. The van der Waals surface area contributed by atoms with Gasteiger partial charge in [-0.05, 0) is 42.7 Å². The first-order valence-electron chi connectivity index (χ1n) is 9.88. The molecule has 0 unspecified atom stereocenters. The largest absolute Gasteiger partial charge is 0.467 e. The van der Waals surface area contributed by atoms with E-state index < -0.39 is 0 Å². The van der Waals surface area contributed by atoms with Crippen molar-refractivity contribution >= 4 is 11.8 Å². The normalized spacial score (nSPS) is 14.7. The van der Waals surface area contributed by atoms with Crippen LogP contribution in [0.5, 0.6) is 0 Å². The van der Waals surface area contributed by atoms with Gasteiger partial charge in [-0.3, -0.25) is 9.59 Å². The van der Waals surface area contributed by atoms with Crippen LogP contribution in [0, 0.1) is 5.92 Å². The number of likely N-dealkylation sites (tertiary alicyclic amines) is 1. The number of rotatable bonds is 6. The molecule has 0 N–H and O–H groups in total. The highest BCUT2D eigenvalue weighted by molar-refractivity contribution is 5.91. The molecular weight excluding hydrogens is 368 g/mol. The fraction of sp³-hybridized carbons (Fsp3) is 0.304. The van der Waals surface area contributed by atoms with Crippen LogP contribution in [0.3, 0.4) is 0 Å². The van der Waals surface area contributed by atoms with Crippen molar-refractivity contribution in [2.75, 3.05) is 13.1 Å². The van der Waals surface area contributed by atoms with E-state index >= 15 is 0 Å². The number of benzene rings is 1. The summed E-state index contributed by atoms with van der Waals surface area (Å²) in [6, 6.07) is 17.1. The minimum atomic E-state index is -0.113. The molecule has 1 aromatic carbocycles. The lowest BCUT2D eigenvalue weighted by Crippen LogP contribution is -2.44. The number of nitrogens with zero attached hydrogens (tertiary/aromatic N) is 2. The van der Waals surface area contributed by atoms with Crippen molar-refractivity contribution in [1.29, 1.82) is 0 Å². The molecule has 3 heterocycles. The van der Waals surface area contributed by atoms with Crippen LogP contribution in [0.1, 0.15) is 34.7 Å². The van der Waals surface area contributed by atoms with Gasteiger partial charge in [-0.2, -0.15) is 0 Å². The van der Waals surface area contributed by atoms with E-state index in [4.69, 9.17) is 8.83 Å². The Morgan fingerprint density at radius 2 is 1.62 bits per heavy atom. The van der Waals surface area contributed by atoms with Crippen molar-refractivity contribution in [3.8, 4) is 0 Å². The summed E-state index contributed by atoms with van der Waals surface area (Å²) in [6.07, 6.45) is 4.42. The minimum Gasteiger partial charge on any atom is -0.467 e. The van der Waals surface area contributed by atoms with Crippen molar-refractivity contribution in [3.63, 3.8) is 0 Å². The quantitative estimate of drug-likeness (QED) is 0.637. The zero-order valence-electron chi connectivity index (χ0n) is 16.2. The summed E-state index contributed by atoms with van der Waals surface area (Å²) in [6.45, 7) is 2.07. The summed E-state index contributed by atoms with van der Waals surface area (Å²) in [5.74, 6) is 1.00. The Morgan fingerprint density at radius 3 is 2.28 bits per heavy atom. The van der Waals surface area contributed by atoms with E-state index in [1.165, 1.54) is 6.26 Å². The van der Waals surface area contributed by atoms with Gasteiger partial charge in [-0.25, -0.2) is 0 Å². The third-order valence-corrected chi connectivity index (χ3v) is 5.32. The predicted octanol–water partition coefficient (Wildman–Crippen LogP) is 3.95. The molecule has 0 bridgehead atoms. The van der Waals surface area contributed by atoms with Gasteiger partial charge in [0.2, 0.25) is 5.91 Å². The first-order chi connectivity index (χ1) is 14.2. The Balaban J connectivity index is 1.41. The van der Waals surface area contributed by atoms with Crippen molar-refractivity contribution in [3.05, 3.63) is 84.2 Å². The molecule has 3 aromatic rings. The Hall–Kier alpha value is -3.28. The monoisotopic (exact) mass is 392 g/mol. The summed E-state index contributed by atoms with van der Waals surface area (Å²) in [4.78, 5) is 29.4. The highest BCUT2D eigenvalue weighted by atomic mass is 16.3. The van der Waals surface area contributed by atoms with Crippen molar-refractivity contribution in [2.24, 2.45) is 5.92 Å². The molecule has 6 nitrogen and oxygen atoms in total. The Bertz CT molecular complexity index is 911. The van der Waals surface area contributed by atoms with Gasteiger partial charge < -0.3 is 18.6 Å². The summed E-state index contributed by atoms with van der Waals surface area (Å²) in [5.41, 5.74) is 1.08. The zero-order valence-corrected chi connectivity index (χ0v) is 16.2. The van der Waals surface area contributed by atoms with E-state index in [1.54, 1.807) is 23.3 Å². The molecule has 6 heteroatoms. The van der Waals surface area contributed by atoms with Crippen molar-refractivity contribution < 1.29 is 18.4 Å². The van der Waals surface area contributed by atoms with Crippen LogP contribution in [0.15, 0.2) is 76.0 Å². The fourth-order valence-electron chi connectivity index (χ4n) is 3.75. The van der Waals surface area contributed by atoms with E-state index in [0.717, 1.165) is 11.3 Å². The number of hydrogen-bond donors (Lipinski definition) is 0. The van der Waals surface area contributed by atoms with Crippen LogP contribution in [0.2, 0.25) is 0 Å². The number of carbonyl (C=O) groups excluding carboxylic acids is 2. The topological polar surface area (TPSA) is 66.9 Å². The third kappa shape index (κ3) is 4.59. The first kappa shape index (κ1) is 19.1. The number of furan rings is 2. The maximum atomic E-state index is 13.3. The summed E-state index contributed by atoms with van der Waals surface area (Å²) in [7, 11) is 0. The SMILES string of the molecule is O=C(c1ccco1)N1CCC(C(=O)N(Cc2ccccc2)Cc2ccco2)CC1. The van der Waals surface area contributed by atoms with Gasteiger partial charge in [-0.15, -0.1) is 0 Å². The molecule has 2 aromatic heterocycles. The van der Waals surface area contributed by atoms with E-state index in [9.17, 15) is 9.59 Å². The molecule has 0 saturated carbocycles. The predicted molar refractivity (Wildman–Crippen MR) is 107 cm³/mol. The molecule has 0 atom stereocenters. The molecule has 29 heavy (non-hydrogen) atoms. The van der Waals surface area contributed by atoms with Gasteiger partial charge in [0.25, 0.3) is 5.91 Å². The van der Waals surface area contributed by atoms with Gasteiger partial charge in [0.1, 0.15) is 5.76 Å². The summed E-state index contributed by atoms with van der Waals surface area (Å²) < 4.78 is 10.7. The Morgan fingerprint density at radius 1 is 0.897 bits per heavy atom. The average molecular weight is 392 g/mol. The van der Waals surface area contributed by atoms with Crippen LogP contribution in [0.4, 0.5) is 0 Å². The van der Waals surface area contributed by atoms with E-state index in [2.05, 4.69) is 0 Å². The fourth-order valence-corrected chi connectivity index (χ4v) is 3.75. The Kier molecular flexibility index (Phi) is 5.79.